The van der Waals surface area contributed by atoms with Gasteiger partial charge >= 0.3 is 5.97 Å². The van der Waals surface area contributed by atoms with Crippen LogP contribution in [0.25, 0.3) is 0 Å². The molecule has 0 spiro atoms. The zero-order chi connectivity index (χ0) is 13.0. The van der Waals surface area contributed by atoms with Crippen LogP contribution in [0.2, 0.25) is 0 Å². The molecule has 1 fully saturated rings. The number of likely N-dealkylation sites (tertiary alicyclic amines) is 1. The molecule has 0 unspecified atom stereocenters. The molecule has 2 rings (SSSR count). The molecule has 1 aliphatic rings. The maximum Gasteiger partial charge on any atom is 0.338 e. The van der Waals surface area contributed by atoms with Gasteiger partial charge in [0.1, 0.15) is 18.2 Å². The number of aromatic carboxylic acids is 1. The van der Waals surface area contributed by atoms with E-state index in [1.54, 1.807) is 0 Å². The Bertz CT molecular complexity index is 430. The second kappa shape index (κ2) is 5.82. The van der Waals surface area contributed by atoms with E-state index >= 15 is 0 Å². The first-order valence-electron chi connectivity index (χ1n) is 6.05. The topological polar surface area (TPSA) is 49.8 Å². The zero-order valence-corrected chi connectivity index (χ0v) is 10.1. The number of hydrogen-bond acceptors (Lipinski definition) is 3. The SMILES string of the molecule is O=C(O)c1ccc(OCCN2CCCC2)cc1F. The molecule has 0 saturated carbocycles. The lowest BCUT2D eigenvalue weighted by Gasteiger charge is -2.15. The van der Waals surface area contributed by atoms with Crippen LogP contribution in [-0.4, -0.2) is 42.2 Å². The molecule has 4 nitrogen and oxygen atoms in total. The van der Waals surface area contributed by atoms with Crippen LogP contribution in [0, 0.1) is 5.82 Å². The largest absolute Gasteiger partial charge is 0.492 e. The summed E-state index contributed by atoms with van der Waals surface area (Å²) in [6, 6.07) is 3.83. The van der Waals surface area contributed by atoms with Crippen molar-refractivity contribution in [3.63, 3.8) is 0 Å². The third-order valence-corrected chi connectivity index (χ3v) is 3.05. The van der Waals surface area contributed by atoms with Gasteiger partial charge in [0.25, 0.3) is 0 Å². The molecule has 0 aromatic heterocycles. The lowest BCUT2D eigenvalue weighted by atomic mass is 10.2. The average molecular weight is 253 g/mol. The highest BCUT2D eigenvalue weighted by Gasteiger charge is 2.12. The normalized spacial score (nSPS) is 15.8. The van der Waals surface area contributed by atoms with Crippen LogP contribution in [0.3, 0.4) is 0 Å². The molecule has 98 valence electrons. The molecule has 0 aliphatic carbocycles. The number of nitrogens with zero attached hydrogens (tertiary/aromatic N) is 1. The van der Waals surface area contributed by atoms with E-state index in [4.69, 9.17) is 9.84 Å². The van der Waals surface area contributed by atoms with E-state index in [1.807, 2.05) is 0 Å². The Labute approximate surface area is 105 Å². The van der Waals surface area contributed by atoms with Crippen molar-refractivity contribution in [1.82, 2.24) is 4.90 Å². The van der Waals surface area contributed by atoms with E-state index in [0.29, 0.717) is 12.4 Å². The van der Waals surface area contributed by atoms with Gasteiger partial charge in [0.15, 0.2) is 0 Å². The van der Waals surface area contributed by atoms with Crippen molar-refractivity contribution < 1.29 is 19.0 Å². The summed E-state index contributed by atoms with van der Waals surface area (Å²) in [4.78, 5) is 12.9. The predicted molar refractivity (Wildman–Crippen MR) is 64.5 cm³/mol. The van der Waals surface area contributed by atoms with E-state index in [1.165, 1.54) is 25.0 Å². The Hall–Kier alpha value is -1.62. The fraction of sp³-hybridized carbons (Fsp3) is 0.462. The molecule has 1 heterocycles. The molecule has 1 aliphatic heterocycles. The molecular weight excluding hydrogens is 237 g/mol. The number of carboxylic acid groups (broad SMARTS) is 1. The Balaban J connectivity index is 1.85. The molecule has 18 heavy (non-hydrogen) atoms. The molecule has 1 aromatic carbocycles. The molecule has 0 bridgehead atoms. The summed E-state index contributed by atoms with van der Waals surface area (Å²) < 4.78 is 18.8. The maximum absolute atomic E-state index is 13.4. The first kappa shape index (κ1) is 12.8. The molecule has 5 heteroatoms. The van der Waals surface area contributed by atoms with Gasteiger partial charge in [0.05, 0.1) is 5.56 Å². The number of benzene rings is 1. The number of carboxylic acids is 1. The minimum atomic E-state index is -1.27. The molecule has 0 amide bonds. The Morgan fingerprint density at radius 3 is 2.72 bits per heavy atom. The third kappa shape index (κ3) is 3.20. The molecule has 0 atom stereocenters. The third-order valence-electron chi connectivity index (χ3n) is 3.05. The minimum Gasteiger partial charge on any atom is -0.492 e. The number of carbonyl (C=O) groups is 1. The number of halogens is 1. The molecular formula is C13H16FNO3. The lowest BCUT2D eigenvalue weighted by molar-refractivity contribution is 0.0692. The Kier molecular flexibility index (Phi) is 4.15. The summed E-state index contributed by atoms with van der Waals surface area (Å²) in [6.45, 7) is 3.50. The number of ether oxygens (including phenoxy) is 1. The first-order chi connectivity index (χ1) is 8.66. The van der Waals surface area contributed by atoms with Gasteiger partial charge in [0.2, 0.25) is 0 Å². The first-order valence-corrected chi connectivity index (χ1v) is 6.05. The van der Waals surface area contributed by atoms with Crippen molar-refractivity contribution in [3.8, 4) is 5.75 Å². The van der Waals surface area contributed by atoms with E-state index in [-0.39, 0.29) is 5.56 Å². The van der Waals surface area contributed by atoms with Crippen LogP contribution in [0.4, 0.5) is 4.39 Å². The van der Waals surface area contributed by atoms with Gasteiger partial charge in [-0.2, -0.15) is 0 Å². The van der Waals surface area contributed by atoms with Crippen molar-refractivity contribution in [2.75, 3.05) is 26.2 Å². The standard InChI is InChI=1S/C13H16FNO3/c14-12-9-10(3-4-11(12)13(16)17)18-8-7-15-5-1-2-6-15/h3-4,9H,1-2,5-8H2,(H,16,17). The second-order valence-corrected chi connectivity index (χ2v) is 4.34. The minimum absolute atomic E-state index is 0.332. The van der Waals surface area contributed by atoms with Gasteiger partial charge < -0.3 is 9.84 Å². The van der Waals surface area contributed by atoms with Crippen molar-refractivity contribution >= 4 is 5.97 Å². The van der Waals surface area contributed by atoms with Crippen molar-refractivity contribution in [2.45, 2.75) is 12.8 Å². The monoisotopic (exact) mass is 253 g/mol. The predicted octanol–water partition coefficient (Wildman–Crippen LogP) is 2.00. The van der Waals surface area contributed by atoms with Gasteiger partial charge in [-0.25, -0.2) is 9.18 Å². The van der Waals surface area contributed by atoms with E-state index in [0.717, 1.165) is 25.7 Å². The van der Waals surface area contributed by atoms with Crippen LogP contribution >= 0.6 is 0 Å². The average Bonchev–Trinajstić information content (AvgIpc) is 2.81. The summed E-state index contributed by atoms with van der Waals surface area (Å²) in [5.41, 5.74) is -0.332. The second-order valence-electron chi connectivity index (χ2n) is 4.34. The zero-order valence-electron chi connectivity index (χ0n) is 10.1. The quantitative estimate of drug-likeness (QED) is 0.872. The fourth-order valence-corrected chi connectivity index (χ4v) is 2.06. The van der Waals surface area contributed by atoms with Crippen LogP contribution in [0.5, 0.6) is 5.75 Å². The van der Waals surface area contributed by atoms with Gasteiger partial charge in [0, 0.05) is 12.6 Å². The van der Waals surface area contributed by atoms with Crippen molar-refractivity contribution in [1.29, 1.82) is 0 Å². The van der Waals surface area contributed by atoms with Gasteiger partial charge in [-0.05, 0) is 38.1 Å². The van der Waals surface area contributed by atoms with E-state index < -0.39 is 11.8 Å². The van der Waals surface area contributed by atoms with Gasteiger partial charge in [-0.3, -0.25) is 4.90 Å². The van der Waals surface area contributed by atoms with Gasteiger partial charge in [-0.15, -0.1) is 0 Å². The van der Waals surface area contributed by atoms with Crippen LogP contribution < -0.4 is 4.74 Å². The molecule has 1 N–H and O–H groups in total. The van der Waals surface area contributed by atoms with E-state index in [9.17, 15) is 9.18 Å². The lowest BCUT2D eigenvalue weighted by Crippen LogP contribution is -2.25. The summed E-state index contributed by atoms with van der Waals surface area (Å²) in [7, 11) is 0. The molecule has 1 saturated heterocycles. The highest BCUT2D eigenvalue weighted by molar-refractivity contribution is 5.88. The number of hydrogen-bond donors (Lipinski definition) is 1. The highest BCUT2D eigenvalue weighted by atomic mass is 19.1. The van der Waals surface area contributed by atoms with Crippen molar-refractivity contribution in [3.05, 3.63) is 29.6 Å². The fourth-order valence-electron chi connectivity index (χ4n) is 2.06. The summed E-state index contributed by atoms with van der Waals surface area (Å²) in [5, 5.41) is 8.69. The smallest absolute Gasteiger partial charge is 0.338 e. The molecule has 1 aromatic rings. The summed E-state index contributed by atoms with van der Waals surface area (Å²) >= 11 is 0. The van der Waals surface area contributed by atoms with Crippen LogP contribution in [0.15, 0.2) is 18.2 Å². The van der Waals surface area contributed by atoms with Crippen LogP contribution in [0.1, 0.15) is 23.2 Å². The van der Waals surface area contributed by atoms with Gasteiger partial charge in [-0.1, -0.05) is 0 Å². The summed E-state index contributed by atoms with van der Waals surface area (Å²) in [5.74, 6) is -1.66. The number of rotatable bonds is 5. The van der Waals surface area contributed by atoms with E-state index in [2.05, 4.69) is 4.90 Å². The maximum atomic E-state index is 13.4. The molecule has 0 radical (unpaired) electrons. The van der Waals surface area contributed by atoms with Crippen LogP contribution in [-0.2, 0) is 0 Å². The highest BCUT2D eigenvalue weighted by Crippen LogP contribution is 2.17. The van der Waals surface area contributed by atoms with Crippen molar-refractivity contribution in [2.24, 2.45) is 0 Å². The Morgan fingerprint density at radius 1 is 1.39 bits per heavy atom. The summed E-state index contributed by atoms with van der Waals surface area (Å²) in [6.07, 6.45) is 2.45. The Morgan fingerprint density at radius 2 is 2.11 bits per heavy atom.